The minimum absolute atomic E-state index is 0.693. The highest BCUT2D eigenvalue weighted by Gasteiger charge is 2.20. The van der Waals surface area contributed by atoms with Crippen LogP contribution in [0.1, 0.15) is 49.0 Å². The molecule has 0 atom stereocenters. The zero-order chi connectivity index (χ0) is 16.4. The number of nitrogens with two attached hydrogens (primary N) is 1. The van der Waals surface area contributed by atoms with Crippen LogP contribution in [-0.4, -0.2) is 40.3 Å². The molecule has 24 heavy (non-hydrogen) atoms. The number of nitrogen functional groups attached to an aromatic ring is 1. The molecule has 0 saturated carbocycles. The van der Waals surface area contributed by atoms with E-state index in [0.717, 1.165) is 27.5 Å². The SMILES string of the molecule is Nc1nc(SCCCN2CCCCC2)nc2sc3c(c12)CCCC3. The van der Waals surface area contributed by atoms with E-state index in [1.165, 1.54) is 75.0 Å². The van der Waals surface area contributed by atoms with Crippen LogP contribution in [0.5, 0.6) is 0 Å². The van der Waals surface area contributed by atoms with Gasteiger partial charge in [0.1, 0.15) is 10.6 Å². The van der Waals surface area contributed by atoms with Gasteiger partial charge < -0.3 is 10.6 Å². The fraction of sp³-hybridized carbons (Fsp3) is 0.667. The molecule has 6 heteroatoms. The number of likely N-dealkylation sites (tertiary alicyclic amines) is 1. The van der Waals surface area contributed by atoms with Gasteiger partial charge in [-0.15, -0.1) is 11.3 Å². The molecule has 2 aliphatic rings. The highest BCUT2D eigenvalue weighted by molar-refractivity contribution is 7.99. The number of aromatic nitrogens is 2. The third-order valence-electron chi connectivity index (χ3n) is 5.12. The smallest absolute Gasteiger partial charge is 0.190 e. The molecule has 2 aromatic heterocycles. The van der Waals surface area contributed by atoms with E-state index < -0.39 is 0 Å². The molecule has 0 unspecified atom stereocenters. The molecule has 0 radical (unpaired) electrons. The number of aryl methyl sites for hydroxylation is 2. The number of fused-ring (bicyclic) bond motifs is 3. The summed E-state index contributed by atoms with van der Waals surface area (Å²) in [5, 5.41) is 2.00. The van der Waals surface area contributed by atoms with E-state index in [1.807, 2.05) is 11.3 Å². The number of nitrogens with zero attached hydrogens (tertiary/aromatic N) is 3. The number of thiophene rings is 1. The third kappa shape index (κ3) is 3.55. The van der Waals surface area contributed by atoms with Crippen molar-refractivity contribution < 1.29 is 0 Å². The Kier molecular flexibility index (Phi) is 5.25. The van der Waals surface area contributed by atoms with Crippen LogP contribution in [0.3, 0.4) is 0 Å². The van der Waals surface area contributed by atoms with E-state index in [1.54, 1.807) is 11.8 Å². The molecule has 0 bridgehead atoms. The van der Waals surface area contributed by atoms with Crippen molar-refractivity contribution in [1.82, 2.24) is 14.9 Å². The quantitative estimate of drug-likeness (QED) is 0.492. The first-order chi connectivity index (χ1) is 11.8. The molecule has 2 N–H and O–H groups in total. The number of hydrogen-bond donors (Lipinski definition) is 1. The van der Waals surface area contributed by atoms with Gasteiger partial charge in [0.25, 0.3) is 0 Å². The third-order valence-corrected chi connectivity index (χ3v) is 7.24. The predicted octanol–water partition coefficient (Wildman–Crippen LogP) is 4.12. The van der Waals surface area contributed by atoms with Gasteiger partial charge in [-0.3, -0.25) is 0 Å². The predicted molar refractivity (Wildman–Crippen MR) is 104 cm³/mol. The molecule has 1 aliphatic carbocycles. The zero-order valence-electron chi connectivity index (χ0n) is 14.2. The summed E-state index contributed by atoms with van der Waals surface area (Å²) in [5.74, 6) is 1.77. The second kappa shape index (κ2) is 7.58. The number of hydrogen-bond acceptors (Lipinski definition) is 6. The Labute approximate surface area is 152 Å². The summed E-state index contributed by atoms with van der Waals surface area (Å²) in [4.78, 5) is 14.6. The van der Waals surface area contributed by atoms with E-state index >= 15 is 0 Å². The van der Waals surface area contributed by atoms with Gasteiger partial charge >= 0.3 is 0 Å². The van der Waals surface area contributed by atoms with Crippen molar-refractivity contribution >= 4 is 39.1 Å². The summed E-state index contributed by atoms with van der Waals surface area (Å²) < 4.78 is 0. The van der Waals surface area contributed by atoms with Crippen molar-refractivity contribution in [2.75, 3.05) is 31.1 Å². The fourth-order valence-corrected chi connectivity index (χ4v) is 5.97. The lowest BCUT2D eigenvalue weighted by Crippen LogP contribution is -2.30. The van der Waals surface area contributed by atoms with Gasteiger partial charge in [-0.25, -0.2) is 9.97 Å². The Morgan fingerprint density at radius 3 is 2.75 bits per heavy atom. The van der Waals surface area contributed by atoms with Crippen molar-refractivity contribution in [3.8, 4) is 0 Å². The summed E-state index contributed by atoms with van der Waals surface area (Å²) in [6.45, 7) is 3.76. The van der Waals surface area contributed by atoms with Gasteiger partial charge in [0.2, 0.25) is 0 Å². The largest absolute Gasteiger partial charge is 0.383 e. The average Bonchev–Trinajstić information content (AvgIpc) is 2.98. The van der Waals surface area contributed by atoms with Crippen LogP contribution < -0.4 is 5.73 Å². The second-order valence-electron chi connectivity index (χ2n) is 6.89. The van der Waals surface area contributed by atoms with Gasteiger partial charge in [-0.1, -0.05) is 18.2 Å². The average molecular weight is 363 g/mol. The van der Waals surface area contributed by atoms with Gasteiger partial charge in [-0.2, -0.15) is 0 Å². The van der Waals surface area contributed by atoms with Crippen LogP contribution in [-0.2, 0) is 12.8 Å². The van der Waals surface area contributed by atoms with E-state index in [2.05, 4.69) is 9.88 Å². The Morgan fingerprint density at radius 1 is 1.04 bits per heavy atom. The van der Waals surface area contributed by atoms with Gasteiger partial charge in [0.05, 0.1) is 5.39 Å². The van der Waals surface area contributed by atoms with Crippen molar-refractivity contribution in [3.63, 3.8) is 0 Å². The van der Waals surface area contributed by atoms with Crippen LogP contribution in [0.25, 0.3) is 10.2 Å². The highest BCUT2D eigenvalue weighted by atomic mass is 32.2. The summed E-state index contributed by atoms with van der Waals surface area (Å²) in [7, 11) is 0. The monoisotopic (exact) mass is 362 g/mol. The van der Waals surface area contributed by atoms with Crippen LogP contribution in [0.15, 0.2) is 5.16 Å². The first-order valence-electron chi connectivity index (χ1n) is 9.24. The van der Waals surface area contributed by atoms with Crippen LogP contribution in [0.4, 0.5) is 5.82 Å². The molecule has 1 fully saturated rings. The molecular formula is C18H26N4S2. The minimum atomic E-state index is 0.693. The zero-order valence-corrected chi connectivity index (χ0v) is 15.9. The first-order valence-corrected chi connectivity index (χ1v) is 11.0. The van der Waals surface area contributed by atoms with Crippen LogP contribution >= 0.6 is 23.1 Å². The highest BCUT2D eigenvalue weighted by Crippen LogP contribution is 2.38. The van der Waals surface area contributed by atoms with Gasteiger partial charge in [0, 0.05) is 10.6 Å². The van der Waals surface area contributed by atoms with Gasteiger partial charge in [0.15, 0.2) is 5.16 Å². The first kappa shape index (κ1) is 16.6. The van der Waals surface area contributed by atoms with E-state index in [-0.39, 0.29) is 0 Å². The molecule has 4 nitrogen and oxygen atoms in total. The molecular weight excluding hydrogens is 336 g/mol. The van der Waals surface area contributed by atoms with E-state index in [9.17, 15) is 0 Å². The van der Waals surface area contributed by atoms with Crippen LogP contribution in [0.2, 0.25) is 0 Å². The molecule has 4 rings (SSSR count). The summed E-state index contributed by atoms with van der Waals surface area (Å²) in [5.41, 5.74) is 7.71. The van der Waals surface area contributed by atoms with Crippen molar-refractivity contribution in [3.05, 3.63) is 10.4 Å². The maximum absolute atomic E-state index is 6.28. The lowest BCUT2D eigenvalue weighted by molar-refractivity contribution is 0.230. The summed E-state index contributed by atoms with van der Waals surface area (Å²) in [6, 6.07) is 0. The lowest BCUT2D eigenvalue weighted by Gasteiger charge is -2.26. The maximum Gasteiger partial charge on any atom is 0.190 e. The molecule has 3 heterocycles. The Bertz CT molecular complexity index is 707. The molecule has 0 aromatic carbocycles. The second-order valence-corrected chi connectivity index (χ2v) is 9.03. The normalized spacial score (nSPS) is 18.8. The summed E-state index contributed by atoms with van der Waals surface area (Å²) >= 11 is 3.60. The fourth-order valence-electron chi connectivity index (χ4n) is 3.86. The van der Waals surface area contributed by atoms with Crippen molar-refractivity contribution in [2.45, 2.75) is 56.5 Å². The molecule has 0 amide bonds. The van der Waals surface area contributed by atoms with Crippen molar-refractivity contribution in [1.29, 1.82) is 0 Å². The molecule has 130 valence electrons. The standard InChI is InChI=1S/C18H26N4S2/c19-16-15-13-7-2-3-8-14(13)24-17(15)21-18(20-16)23-12-6-11-22-9-4-1-5-10-22/h1-12H2,(H2,19,20,21). The molecule has 0 spiro atoms. The van der Waals surface area contributed by atoms with Gasteiger partial charge in [-0.05, 0) is 70.1 Å². The minimum Gasteiger partial charge on any atom is -0.383 e. The summed E-state index contributed by atoms with van der Waals surface area (Å²) in [6.07, 6.45) is 10.2. The lowest BCUT2D eigenvalue weighted by atomic mass is 9.97. The Morgan fingerprint density at radius 2 is 1.88 bits per heavy atom. The number of piperidine rings is 1. The molecule has 1 aliphatic heterocycles. The molecule has 1 saturated heterocycles. The number of anilines is 1. The Hall–Kier alpha value is -0.850. The van der Waals surface area contributed by atoms with Crippen molar-refractivity contribution in [2.24, 2.45) is 0 Å². The van der Waals surface area contributed by atoms with Crippen LogP contribution in [0, 0.1) is 0 Å². The Balaban J connectivity index is 1.39. The molecule has 2 aromatic rings. The van der Waals surface area contributed by atoms with E-state index in [4.69, 9.17) is 10.7 Å². The topological polar surface area (TPSA) is 55.0 Å². The number of rotatable bonds is 5. The maximum atomic E-state index is 6.28. The number of thioether (sulfide) groups is 1. The van der Waals surface area contributed by atoms with E-state index in [0.29, 0.717) is 5.82 Å².